The van der Waals surface area contributed by atoms with Crippen molar-refractivity contribution in [2.75, 3.05) is 18.5 Å². The number of aliphatic hydroxyl groups is 1. The predicted molar refractivity (Wildman–Crippen MR) is 107 cm³/mol. The number of carbonyl (C=O) groups is 1. The van der Waals surface area contributed by atoms with Crippen LogP contribution in [0, 0.1) is 6.92 Å². The second-order valence-electron chi connectivity index (χ2n) is 5.78. The number of aryl methyl sites for hydroxylation is 1. The molecule has 0 fully saturated rings. The summed E-state index contributed by atoms with van der Waals surface area (Å²) in [6.07, 6.45) is -4.45. The van der Waals surface area contributed by atoms with Crippen LogP contribution in [-0.2, 0) is 6.18 Å². The van der Waals surface area contributed by atoms with E-state index in [2.05, 4.69) is 10.3 Å². The molecule has 0 aliphatic carbocycles. The fourth-order valence-corrected chi connectivity index (χ4v) is 3.40. The maximum Gasteiger partial charge on any atom is 0.416 e. The Labute approximate surface area is 172 Å². The van der Waals surface area contributed by atoms with E-state index in [0.717, 1.165) is 23.5 Å². The van der Waals surface area contributed by atoms with Crippen LogP contribution in [0.2, 0.25) is 5.02 Å². The molecule has 1 heterocycles. The number of halogens is 4. The molecule has 0 aliphatic heterocycles. The number of aromatic hydroxyl groups is 1. The van der Waals surface area contributed by atoms with Crippen LogP contribution in [0.25, 0.3) is 10.2 Å². The zero-order valence-electron chi connectivity index (χ0n) is 15.0. The van der Waals surface area contributed by atoms with E-state index >= 15 is 0 Å². The van der Waals surface area contributed by atoms with Gasteiger partial charge in [-0.1, -0.05) is 22.9 Å². The molecule has 29 heavy (non-hydrogen) atoms. The second-order valence-corrected chi connectivity index (χ2v) is 7.25. The number of phenolic OH excluding ortho intramolecular Hbond substituents is 1. The Hall–Kier alpha value is -2.40. The standard InChI is InChI=1S/C16H10ClF3N2O2S.C2H7NO/c1-7-4-9(17)6-10(13(7)23)14(24)22-15-21-11-3-2-8(16(18,19)20)5-12(11)25-15;3-1-2-4/h2-6,23H,1H3,(H,21,22,24);4H,1-3H2. The molecule has 0 bridgehead atoms. The summed E-state index contributed by atoms with van der Waals surface area (Å²) in [6, 6.07) is 5.95. The highest BCUT2D eigenvalue weighted by molar-refractivity contribution is 7.22. The van der Waals surface area contributed by atoms with Crippen molar-refractivity contribution in [3.63, 3.8) is 0 Å². The number of amides is 1. The molecule has 2 aromatic carbocycles. The highest BCUT2D eigenvalue weighted by Gasteiger charge is 2.30. The molecule has 156 valence electrons. The highest BCUT2D eigenvalue weighted by atomic mass is 35.5. The Bertz CT molecular complexity index is 1020. The molecule has 1 aromatic heterocycles. The number of anilines is 1. The zero-order valence-corrected chi connectivity index (χ0v) is 16.6. The molecular weight excluding hydrogens is 431 g/mol. The number of nitrogens with zero attached hydrogens (tertiary/aromatic N) is 1. The monoisotopic (exact) mass is 447 g/mol. The summed E-state index contributed by atoms with van der Waals surface area (Å²) in [6.45, 7) is 2.06. The lowest BCUT2D eigenvalue weighted by Crippen LogP contribution is -2.12. The number of benzene rings is 2. The van der Waals surface area contributed by atoms with Gasteiger partial charge in [0, 0.05) is 11.6 Å². The maximum atomic E-state index is 12.7. The Balaban J connectivity index is 0.000000687. The van der Waals surface area contributed by atoms with E-state index in [1.807, 2.05) is 0 Å². The minimum absolute atomic E-state index is 0.0414. The third kappa shape index (κ3) is 5.80. The third-order valence-corrected chi connectivity index (χ3v) is 4.73. The van der Waals surface area contributed by atoms with Gasteiger partial charge in [-0.15, -0.1) is 0 Å². The van der Waals surface area contributed by atoms with Crippen LogP contribution >= 0.6 is 22.9 Å². The number of phenols is 1. The first-order chi connectivity index (χ1) is 13.6. The Kier molecular flexibility index (Phi) is 7.42. The first-order valence-electron chi connectivity index (χ1n) is 8.16. The van der Waals surface area contributed by atoms with Crippen molar-refractivity contribution in [1.82, 2.24) is 4.98 Å². The lowest BCUT2D eigenvalue weighted by atomic mass is 10.1. The molecule has 6 nitrogen and oxygen atoms in total. The maximum absolute atomic E-state index is 12.7. The normalized spacial score (nSPS) is 11.1. The van der Waals surface area contributed by atoms with Gasteiger partial charge < -0.3 is 15.9 Å². The topological polar surface area (TPSA) is 108 Å². The molecule has 0 saturated heterocycles. The first kappa shape index (κ1) is 22.9. The Morgan fingerprint density at radius 1 is 1.31 bits per heavy atom. The molecule has 0 aliphatic rings. The molecule has 1 amide bonds. The minimum Gasteiger partial charge on any atom is -0.507 e. The van der Waals surface area contributed by atoms with Gasteiger partial charge in [0.1, 0.15) is 5.75 Å². The van der Waals surface area contributed by atoms with Crippen LogP contribution in [0.4, 0.5) is 18.3 Å². The Morgan fingerprint density at radius 2 is 1.97 bits per heavy atom. The van der Waals surface area contributed by atoms with Gasteiger partial charge in [0.2, 0.25) is 0 Å². The summed E-state index contributed by atoms with van der Waals surface area (Å²) < 4.78 is 38.5. The number of nitrogens with two attached hydrogens (primary N) is 1. The van der Waals surface area contributed by atoms with Crippen molar-refractivity contribution in [3.8, 4) is 5.75 Å². The van der Waals surface area contributed by atoms with E-state index in [1.165, 1.54) is 18.2 Å². The molecule has 0 unspecified atom stereocenters. The summed E-state index contributed by atoms with van der Waals surface area (Å²) in [5.74, 6) is -0.874. The molecule has 0 saturated carbocycles. The van der Waals surface area contributed by atoms with Crippen molar-refractivity contribution in [2.24, 2.45) is 5.73 Å². The van der Waals surface area contributed by atoms with Crippen LogP contribution in [-0.4, -0.2) is 34.3 Å². The number of aliphatic hydroxyl groups excluding tert-OH is 1. The lowest BCUT2D eigenvalue weighted by Gasteiger charge is -2.07. The SMILES string of the molecule is Cc1cc(Cl)cc(C(=O)Nc2nc3ccc(C(F)(F)F)cc3s2)c1O.NCCO. The number of aromatic nitrogens is 1. The molecule has 3 rings (SSSR count). The van der Waals surface area contributed by atoms with Gasteiger partial charge >= 0.3 is 6.18 Å². The smallest absolute Gasteiger partial charge is 0.416 e. The second kappa shape index (κ2) is 9.40. The summed E-state index contributed by atoms with van der Waals surface area (Å²) in [5.41, 5.74) is 4.71. The number of hydrogen-bond acceptors (Lipinski definition) is 6. The Morgan fingerprint density at radius 3 is 2.55 bits per heavy atom. The number of rotatable bonds is 3. The predicted octanol–water partition coefficient (Wildman–Crippen LogP) is 4.17. The lowest BCUT2D eigenvalue weighted by molar-refractivity contribution is -0.137. The van der Waals surface area contributed by atoms with E-state index in [0.29, 0.717) is 17.6 Å². The molecule has 0 radical (unpaired) electrons. The molecule has 0 atom stereocenters. The molecule has 3 aromatic rings. The number of thiazole rings is 1. The third-order valence-electron chi connectivity index (χ3n) is 3.58. The average molecular weight is 448 g/mol. The quantitative estimate of drug-likeness (QED) is 0.482. The average Bonchev–Trinajstić information content (AvgIpc) is 3.05. The van der Waals surface area contributed by atoms with Crippen molar-refractivity contribution >= 4 is 44.2 Å². The van der Waals surface area contributed by atoms with Crippen molar-refractivity contribution in [3.05, 3.63) is 52.0 Å². The number of carbonyl (C=O) groups excluding carboxylic acids is 1. The van der Waals surface area contributed by atoms with Crippen LogP contribution in [0.3, 0.4) is 0 Å². The summed E-state index contributed by atoms with van der Waals surface area (Å²) in [5, 5.41) is 20.6. The highest BCUT2D eigenvalue weighted by Crippen LogP contribution is 2.35. The van der Waals surface area contributed by atoms with Gasteiger partial charge in [0.05, 0.1) is 28.0 Å². The van der Waals surface area contributed by atoms with Gasteiger partial charge in [0.25, 0.3) is 5.91 Å². The van der Waals surface area contributed by atoms with Crippen molar-refractivity contribution in [2.45, 2.75) is 13.1 Å². The van der Waals surface area contributed by atoms with Crippen LogP contribution in [0.1, 0.15) is 21.5 Å². The largest absolute Gasteiger partial charge is 0.507 e. The van der Waals surface area contributed by atoms with E-state index in [1.54, 1.807) is 6.92 Å². The van der Waals surface area contributed by atoms with Crippen molar-refractivity contribution in [1.29, 1.82) is 0 Å². The van der Waals surface area contributed by atoms with Crippen molar-refractivity contribution < 1.29 is 28.2 Å². The zero-order chi connectivity index (χ0) is 21.8. The van der Waals surface area contributed by atoms with Crippen LogP contribution in [0.15, 0.2) is 30.3 Å². The minimum atomic E-state index is -4.45. The van der Waals surface area contributed by atoms with Gasteiger partial charge in [-0.3, -0.25) is 10.1 Å². The first-order valence-corrected chi connectivity index (χ1v) is 9.35. The van der Waals surface area contributed by atoms with E-state index in [9.17, 15) is 23.1 Å². The van der Waals surface area contributed by atoms with Gasteiger partial charge in [0.15, 0.2) is 5.13 Å². The number of nitrogens with one attached hydrogen (secondary N) is 1. The molecule has 5 N–H and O–H groups in total. The fourth-order valence-electron chi connectivity index (χ4n) is 2.23. The summed E-state index contributed by atoms with van der Waals surface area (Å²) in [7, 11) is 0. The van der Waals surface area contributed by atoms with Gasteiger partial charge in [-0.2, -0.15) is 13.2 Å². The summed E-state index contributed by atoms with van der Waals surface area (Å²) in [4.78, 5) is 16.4. The molecular formula is C18H17ClF3N3O3S. The van der Waals surface area contributed by atoms with Gasteiger partial charge in [-0.25, -0.2) is 4.98 Å². The number of hydrogen-bond donors (Lipinski definition) is 4. The summed E-state index contributed by atoms with van der Waals surface area (Å²) >= 11 is 6.79. The van der Waals surface area contributed by atoms with Gasteiger partial charge in [-0.05, 0) is 42.8 Å². The molecule has 11 heteroatoms. The number of fused-ring (bicyclic) bond motifs is 1. The molecule has 0 spiro atoms. The van der Waals surface area contributed by atoms with Crippen LogP contribution in [0.5, 0.6) is 5.75 Å². The van der Waals surface area contributed by atoms with E-state index in [4.69, 9.17) is 22.4 Å². The fraction of sp³-hybridized carbons (Fsp3) is 0.222. The number of alkyl halides is 3. The van der Waals surface area contributed by atoms with E-state index in [-0.39, 0.29) is 32.8 Å². The van der Waals surface area contributed by atoms with Crippen LogP contribution < -0.4 is 11.1 Å². The van der Waals surface area contributed by atoms with E-state index < -0.39 is 17.6 Å².